The van der Waals surface area contributed by atoms with Gasteiger partial charge in [0.25, 0.3) is 0 Å². The molecule has 138 valence electrons. The molecule has 1 saturated carbocycles. The third-order valence-corrected chi connectivity index (χ3v) is 4.97. The Kier molecular flexibility index (Phi) is 5.65. The minimum absolute atomic E-state index is 0.0246. The number of benzene rings is 1. The van der Waals surface area contributed by atoms with E-state index in [0.717, 1.165) is 37.1 Å². The number of rotatable bonds is 6. The molecule has 0 aliphatic heterocycles. The van der Waals surface area contributed by atoms with E-state index in [-0.39, 0.29) is 24.3 Å². The van der Waals surface area contributed by atoms with Crippen molar-refractivity contribution in [3.05, 3.63) is 47.5 Å². The topological polar surface area (TPSA) is 88.9 Å². The van der Waals surface area contributed by atoms with Gasteiger partial charge in [0.05, 0.1) is 6.54 Å². The van der Waals surface area contributed by atoms with Gasteiger partial charge in [-0.15, -0.1) is 10.2 Å². The summed E-state index contributed by atoms with van der Waals surface area (Å²) in [5, 5.41) is 14.0. The molecule has 0 radical (unpaired) electrons. The van der Waals surface area contributed by atoms with Gasteiger partial charge in [0.2, 0.25) is 11.8 Å². The summed E-state index contributed by atoms with van der Waals surface area (Å²) in [6.07, 6.45) is 4.01. The first-order valence-electron chi connectivity index (χ1n) is 9.04. The number of carbonyl (C=O) groups excluding carboxylic acids is 2. The molecular weight excluding hydrogens is 330 g/mol. The summed E-state index contributed by atoms with van der Waals surface area (Å²) in [4.78, 5) is 24.6. The van der Waals surface area contributed by atoms with E-state index in [0.29, 0.717) is 5.82 Å². The molecule has 1 aromatic carbocycles. The molecule has 0 spiro atoms. The van der Waals surface area contributed by atoms with Crippen LogP contribution >= 0.6 is 0 Å². The Hall–Kier alpha value is -2.70. The third-order valence-electron chi connectivity index (χ3n) is 4.97. The Morgan fingerprint density at radius 2 is 1.88 bits per heavy atom. The molecule has 0 saturated heterocycles. The highest BCUT2D eigenvalue weighted by atomic mass is 16.2. The minimum Gasteiger partial charge on any atom is -0.347 e. The van der Waals surface area contributed by atoms with Crippen LogP contribution in [0.15, 0.2) is 30.3 Å². The predicted octanol–water partition coefficient (Wildman–Crippen LogP) is 1.64. The number of carbonyl (C=O) groups is 2. The average Bonchev–Trinajstić information content (AvgIpc) is 3.30. The molecule has 2 aromatic rings. The summed E-state index contributed by atoms with van der Waals surface area (Å²) >= 11 is 0. The largest absolute Gasteiger partial charge is 0.347 e. The van der Waals surface area contributed by atoms with E-state index < -0.39 is 6.04 Å². The third kappa shape index (κ3) is 4.09. The standard InChI is InChI=1S/C19H25N5O2/c1-13-22-23-18(24(13)2)17(14-8-4-3-5-9-14)21-16(25)12-20-19(26)15-10-6-7-11-15/h3-5,8-9,15,17H,6-7,10-12H2,1-2H3,(H,20,26)(H,21,25)/t17-/m0/s1. The smallest absolute Gasteiger partial charge is 0.240 e. The number of nitrogens with zero attached hydrogens (tertiary/aromatic N) is 3. The van der Waals surface area contributed by atoms with Gasteiger partial charge in [-0.05, 0) is 25.3 Å². The van der Waals surface area contributed by atoms with Crippen molar-refractivity contribution in [1.82, 2.24) is 25.4 Å². The van der Waals surface area contributed by atoms with Gasteiger partial charge in [-0.3, -0.25) is 9.59 Å². The van der Waals surface area contributed by atoms with Crippen molar-refractivity contribution in [1.29, 1.82) is 0 Å². The van der Waals surface area contributed by atoms with E-state index in [2.05, 4.69) is 20.8 Å². The van der Waals surface area contributed by atoms with Crippen molar-refractivity contribution in [3.63, 3.8) is 0 Å². The molecule has 1 aromatic heterocycles. The maximum atomic E-state index is 12.5. The van der Waals surface area contributed by atoms with Crippen LogP contribution in [0.5, 0.6) is 0 Å². The molecule has 7 heteroatoms. The zero-order chi connectivity index (χ0) is 18.5. The molecular formula is C19H25N5O2. The number of amides is 2. The highest BCUT2D eigenvalue weighted by Gasteiger charge is 2.25. The maximum absolute atomic E-state index is 12.5. The van der Waals surface area contributed by atoms with Gasteiger partial charge in [-0.1, -0.05) is 43.2 Å². The van der Waals surface area contributed by atoms with Gasteiger partial charge in [0.1, 0.15) is 11.9 Å². The molecule has 1 heterocycles. The van der Waals surface area contributed by atoms with Crippen LogP contribution in [0.2, 0.25) is 0 Å². The van der Waals surface area contributed by atoms with Crippen LogP contribution in [-0.2, 0) is 16.6 Å². The molecule has 1 fully saturated rings. The number of hydrogen-bond donors (Lipinski definition) is 2. The van der Waals surface area contributed by atoms with Gasteiger partial charge < -0.3 is 15.2 Å². The molecule has 3 rings (SSSR count). The van der Waals surface area contributed by atoms with Gasteiger partial charge in [0.15, 0.2) is 5.82 Å². The van der Waals surface area contributed by atoms with Crippen LogP contribution in [0, 0.1) is 12.8 Å². The van der Waals surface area contributed by atoms with E-state index in [9.17, 15) is 9.59 Å². The first kappa shape index (κ1) is 18.1. The quantitative estimate of drug-likeness (QED) is 0.824. The fourth-order valence-electron chi connectivity index (χ4n) is 3.33. The summed E-state index contributed by atoms with van der Waals surface area (Å²) < 4.78 is 1.86. The van der Waals surface area contributed by atoms with Gasteiger partial charge in [-0.2, -0.15) is 0 Å². The zero-order valence-corrected chi connectivity index (χ0v) is 15.2. The Morgan fingerprint density at radius 1 is 1.19 bits per heavy atom. The van der Waals surface area contributed by atoms with Crippen LogP contribution in [0.4, 0.5) is 0 Å². The van der Waals surface area contributed by atoms with Crippen molar-refractivity contribution >= 4 is 11.8 Å². The van der Waals surface area contributed by atoms with Crippen molar-refractivity contribution in [2.45, 2.75) is 38.6 Å². The fraction of sp³-hybridized carbons (Fsp3) is 0.474. The predicted molar refractivity (Wildman–Crippen MR) is 97.1 cm³/mol. The SMILES string of the molecule is Cc1nnc([C@@H](NC(=O)CNC(=O)C2CCCC2)c2ccccc2)n1C. The highest BCUT2D eigenvalue weighted by Crippen LogP contribution is 2.24. The minimum atomic E-state index is -0.418. The molecule has 26 heavy (non-hydrogen) atoms. The van der Waals surface area contributed by atoms with Gasteiger partial charge >= 0.3 is 0 Å². The number of hydrogen-bond acceptors (Lipinski definition) is 4. The molecule has 1 aliphatic carbocycles. The lowest BCUT2D eigenvalue weighted by Crippen LogP contribution is -2.41. The van der Waals surface area contributed by atoms with E-state index in [1.165, 1.54) is 0 Å². The monoisotopic (exact) mass is 355 g/mol. The Bertz CT molecular complexity index is 765. The number of nitrogens with one attached hydrogen (secondary N) is 2. The Labute approximate surface area is 153 Å². The van der Waals surface area contributed by atoms with Gasteiger partial charge in [-0.25, -0.2) is 0 Å². The highest BCUT2D eigenvalue weighted by molar-refractivity contribution is 5.86. The van der Waals surface area contributed by atoms with Gasteiger partial charge in [0, 0.05) is 13.0 Å². The van der Waals surface area contributed by atoms with Crippen molar-refractivity contribution in [3.8, 4) is 0 Å². The summed E-state index contributed by atoms with van der Waals surface area (Å²) in [6, 6.07) is 9.21. The van der Waals surface area contributed by atoms with E-state index in [1.807, 2.05) is 48.9 Å². The normalized spacial score (nSPS) is 15.6. The van der Waals surface area contributed by atoms with Crippen LogP contribution < -0.4 is 10.6 Å². The van der Waals surface area contributed by atoms with Crippen molar-refractivity contribution < 1.29 is 9.59 Å². The number of aryl methyl sites for hydroxylation is 1. The Morgan fingerprint density at radius 3 is 2.50 bits per heavy atom. The lowest BCUT2D eigenvalue weighted by Gasteiger charge is -2.19. The average molecular weight is 355 g/mol. The summed E-state index contributed by atoms with van der Waals surface area (Å²) in [5.41, 5.74) is 0.915. The molecule has 1 aliphatic rings. The van der Waals surface area contributed by atoms with Crippen molar-refractivity contribution in [2.24, 2.45) is 13.0 Å². The fourth-order valence-corrected chi connectivity index (χ4v) is 3.33. The Balaban J connectivity index is 1.68. The van der Waals surface area contributed by atoms with E-state index >= 15 is 0 Å². The summed E-state index contributed by atoms with van der Waals surface area (Å²) in [5.74, 6) is 1.21. The zero-order valence-electron chi connectivity index (χ0n) is 15.2. The molecule has 2 N–H and O–H groups in total. The lowest BCUT2D eigenvalue weighted by molar-refractivity contribution is -0.128. The second kappa shape index (κ2) is 8.12. The molecule has 1 atom stereocenters. The van der Waals surface area contributed by atoms with Crippen LogP contribution in [0.25, 0.3) is 0 Å². The van der Waals surface area contributed by atoms with Crippen molar-refractivity contribution in [2.75, 3.05) is 6.54 Å². The van der Waals surface area contributed by atoms with E-state index in [1.54, 1.807) is 0 Å². The maximum Gasteiger partial charge on any atom is 0.240 e. The lowest BCUT2D eigenvalue weighted by atomic mass is 10.1. The molecule has 0 bridgehead atoms. The second-order valence-electron chi connectivity index (χ2n) is 6.77. The molecule has 2 amide bonds. The number of aromatic nitrogens is 3. The first-order chi connectivity index (χ1) is 12.6. The first-order valence-corrected chi connectivity index (χ1v) is 9.04. The van der Waals surface area contributed by atoms with E-state index in [4.69, 9.17) is 0 Å². The van der Waals surface area contributed by atoms with Crippen LogP contribution in [0.1, 0.15) is 48.9 Å². The summed E-state index contributed by atoms with van der Waals surface area (Å²) in [7, 11) is 1.87. The van der Waals surface area contributed by atoms with Crippen LogP contribution in [-0.4, -0.2) is 33.1 Å². The molecule has 7 nitrogen and oxygen atoms in total. The summed E-state index contributed by atoms with van der Waals surface area (Å²) in [6.45, 7) is 1.83. The second-order valence-corrected chi connectivity index (χ2v) is 6.77. The molecule has 0 unspecified atom stereocenters. The van der Waals surface area contributed by atoms with Crippen LogP contribution in [0.3, 0.4) is 0 Å².